The smallest absolute Gasteiger partial charge is 0.170 e. The van der Waals surface area contributed by atoms with E-state index in [0.29, 0.717) is 18.3 Å². The highest BCUT2D eigenvalue weighted by Crippen LogP contribution is 2.46. The van der Waals surface area contributed by atoms with Crippen LogP contribution in [0, 0.1) is 11.8 Å². The summed E-state index contributed by atoms with van der Waals surface area (Å²) in [7, 11) is 0. The van der Waals surface area contributed by atoms with Crippen molar-refractivity contribution in [3.63, 3.8) is 0 Å². The molecule has 1 spiro atoms. The van der Waals surface area contributed by atoms with E-state index < -0.39 is 0 Å². The summed E-state index contributed by atoms with van der Waals surface area (Å²) in [6, 6.07) is 7.66. The van der Waals surface area contributed by atoms with Crippen molar-refractivity contribution in [2.75, 3.05) is 0 Å². The molecule has 0 saturated heterocycles. The van der Waals surface area contributed by atoms with Gasteiger partial charge >= 0.3 is 0 Å². The van der Waals surface area contributed by atoms with Crippen LogP contribution in [0.2, 0.25) is 0 Å². The zero-order chi connectivity index (χ0) is 12.8. The molecule has 3 rings (SSSR count). The van der Waals surface area contributed by atoms with Crippen molar-refractivity contribution in [1.29, 1.82) is 0 Å². The van der Waals surface area contributed by atoms with E-state index in [0.717, 1.165) is 17.7 Å². The van der Waals surface area contributed by atoms with Crippen LogP contribution in [0.15, 0.2) is 24.3 Å². The molecule has 1 aliphatic heterocycles. The lowest BCUT2D eigenvalue weighted by Gasteiger charge is -2.47. The number of carbonyl (C=O) groups excluding carboxylic acids is 1. The predicted molar refractivity (Wildman–Crippen MR) is 70.9 cm³/mol. The fourth-order valence-electron chi connectivity index (χ4n) is 3.52. The first-order chi connectivity index (χ1) is 8.62. The maximum atomic E-state index is 12.3. The van der Waals surface area contributed by atoms with E-state index in [2.05, 4.69) is 13.8 Å². The molecule has 0 radical (unpaired) electrons. The van der Waals surface area contributed by atoms with Gasteiger partial charge in [-0.05, 0) is 36.8 Å². The molecule has 1 aromatic carbocycles. The number of ether oxygens (including phenoxy) is 1. The van der Waals surface area contributed by atoms with Crippen LogP contribution in [0.1, 0.15) is 49.9 Å². The molecule has 2 heteroatoms. The van der Waals surface area contributed by atoms with Gasteiger partial charge < -0.3 is 4.74 Å². The number of fused-ring (bicyclic) bond motifs is 1. The second-order valence-corrected chi connectivity index (χ2v) is 5.92. The van der Waals surface area contributed by atoms with Crippen LogP contribution in [0.5, 0.6) is 5.75 Å². The molecule has 3 atom stereocenters. The molecule has 1 heterocycles. The van der Waals surface area contributed by atoms with E-state index in [9.17, 15) is 4.79 Å². The van der Waals surface area contributed by atoms with Gasteiger partial charge in [-0.1, -0.05) is 32.4 Å². The van der Waals surface area contributed by atoms with Gasteiger partial charge in [0.1, 0.15) is 11.4 Å². The van der Waals surface area contributed by atoms with Crippen molar-refractivity contribution in [3.05, 3.63) is 29.8 Å². The van der Waals surface area contributed by atoms with E-state index >= 15 is 0 Å². The van der Waals surface area contributed by atoms with Crippen LogP contribution in [0.4, 0.5) is 0 Å². The van der Waals surface area contributed by atoms with Crippen molar-refractivity contribution < 1.29 is 9.53 Å². The molecule has 1 aliphatic carbocycles. The minimum absolute atomic E-state index is 0.247. The summed E-state index contributed by atoms with van der Waals surface area (Å²) in [6.07, 6.45) is 3.98. The van der Waals surface area contributed by atoms with Gasteiger partial charge in [-0.3, -0.25) is 4.79 Å². The van der Waals surface area contributed by atoms with Crippen molar-refractivity contribution in [2.45, 2.75) is 45.1 Å². The van der Waals surface area contributed by atoms with Crippen molar-refractivity contribution >= 4 is 5.78 Å². The van der Waals surface area contributed by atoms with Gasteiger partial charge in [0, 0.05) is 0 Å². The molecule has 96 valence electrons. The number of para-hydroxylation sites is 1. The topological polar surface area (TPSA) is 26.3 Å². The fraction of sp³-hybridized carbons (Fsp3) is 0.562. The Bertz CT molecular complexity index is 480. The monoisotopic (exact) mass is 244 g/mol. The number of carbonyl (C=O) groups is 1. The Morgan fingerprint density at radius 3 is 2.89 bits per heavy atom. The molecule has 1 fully saturated rings. The molecular weight excluding hydrogens is 224 g/mol. The van der Waals surface area contributed by atoms with Gasteiger partial charge in [0.05, 0.1) is 12.0 Å². The summed E-state index contributed by atoms with van der Waals surface area (Å²) in [5, 5.41) is 0. The molecular formula is C16H20O2. The number of hydrogen-bond donors (Lipinski definition) is 0. The van der Waals surface area contributed by atoms with E-state index in [1.54, 1.807) is 0 Å². The van der Waals surface area contributed by atoms with Gasteiger partial charge in [-0.15, -0.1) is 0 Å². The molecule has 0 aromatic heterocycles. The molecule has 3 unspecified atom stereocenters. The Morgan fingerprint density at radius 1 is 1.28 bits per heavy atom. The lowest BCUT2D eigenvalue weighted by molar-refractivity contribution is -0.0466. The first kappa shape index (κ1) is 11.8. The molecule has 0 amide bonds. The lowest BCUT2D eigenvalue weighted by Crippen LogP contribution is -2.51. The quantitative estimate of drug-likeness (QED) is 0.693. The predicted octanol–water partition coefficient (Wildman–Crippen LogP) is 3.85. The van der Waals surface area contributed by atoms with Gasteiger partial charge in [-0.2, -0.15) is 0 Å². The third kappa shape index (κ3) is 1.66. The Morgan fingerprint density at radius 2 is 2.06 bits per heavy atom. The summed E-state index contributed by atoms with van der Waals surface area (Å²) in [5.74, 6) is 2.12. The highest BCUT2D eigenvalue weighted by molar-refractivity contribution is 6.00. The fourth-order valence-corrected chi connectivity index (χ4v) is 3.52. The Kier molecular flexibility index (Phi) is 2.69. The number of benzene rings is 1. The minimum Gasteiger partial charge on any atom is -0.486 e. The highest BCUT2D eigenvalue weighted by atomic mass is 16.5. The molecule has 1 saturated carbocycles. The minimum atomic E-state index is -0.247. The van der Waals surface area contributed by atoms with Crippen LogP contribution in [-0.2, 0) is 0 Å². The lowest BCUT2D eigenvalue weighted by atomic mass is 9.67. The van der Waals surface area contributed by atoms with E-state index in [1.807, 2.05) is 24.3 Å². The average Bonchev–Trinajstić information content (AvgIpc) is 2.36. The molecule has 2 nitrogen and oxygen atoms in total. The standard InChI is InChI=1S/C16H20O2/c1-11-6-5-9-16(12(11)2)10-14(17)13-7-3-4-8-15(13)18-16/h3-4,7-8,11-12H,5-6,9-10H2,1-2H3. The summed E-state index contributed by atoms with van der Waals surface area (Å²) < 4.78 is 6.29. The van der Waals surface area contributed by atoms with E-state index in [-0.39, 0.29) is 11.4 Å². The zero-order valence-electron chi connectivity index (χ0n) is 11.1. The molecule has 18 heavy (non-hydrogen) atoms. The summed E-state index contributed by atoms with van der Waals surface area (Å²) >= 11 is 0. The molecule has 0 bridgehead atoms. The first-order valence-electron chi connectivity index (χ1n) is 6.94. The second kappa shape index (κ2) is 4.11. The van der Waals surface area contributed by atoms with Crippen molar-refractivity contribution in [1.82, 2.24) is 0 Å². The Balaban J connectivity index is 2.00. The van der Waals surface area contributed by atoms with Crippen molar-refractivity contribution in [2.24, 2.45) is 11.8 Å². The highest BCUT2D eigenvalue weighted by Gasteiger charge is 2.48. The van der Waals surface area contributed by atoms with Crippen LogP contribution >= 0.6 is 0 Å². The van der Waals surface area contributed by atoms with Gasteiger partial charge in [0.25, 0.3) is 0 Å². The van der Waals surface area contributed by atoms with E-state index in [1.165, 1.54) is 12.8 Å². The normalized spacial score (nSPS) is 35.1. The Labute approximate surface area is 108 Å². The van der Waals surface area contributed by atoms with Gasteiger partial charge in [0.15, 0.2) is 5.78 Å². The summed E-state index contributed by atoms with van der Waals surface area (Å²) in [5.41, 5.74) is 0.511. The third-order valence-corrected chi connectivity index (χ3v) is 4.90. The van der Waals surface area contributed by atoms with Gasteiger partial charge in [-0.25, -0.2) is 0 Å². The molecule has 0 N–H and O–H groups in total. The third-order valence-electron chi connectivity index (χ3n) is 4.90. The number of hydrogen-bond acceptors (Lipinski definition) is 2. The van der Waals surface area contributed by atoms with Gasteiger partial charge in [0.2, 0.25) is 0 Å². The van der Waals surface area contributed by atoms with E-state index in [4.69, 9.17) is 4.74 Å². The SMILES string of the molecule is CC1CCCC2(CC(=O)c3ccccc3O2)C1C. The van der Waals surface area contributed by atoms with Crippen LogP contribution in [-0.4, -0.2) is 11.4 Å². The molecule has 1 aromatic rings. The maximum absolute atomic E-state index is 12.3. The first-order valence-corrected chi connectivity index (χ1v) is 6.94. The van der Waals surface area contributed by atoms with Crippen LogP contribution in [0.25, 0.3) is 0 Å². The number of ketones is 1. The maximum Gasteiger partial charge on any atom is 0.170 e. The van der Waals surface area contributed by atoms with Crippen LogP contribution < -0.4 is 4.74 Å². The summed E-state index contributed by atoms with van der Waals surface area (Å²) in [4.78, 5) is 12.3. The number of Topliss-reactive ketones (excluding diaryl/α,β-unsaturated/α-hetero) is 1. The number of rotatable bonds is 0. The Hall–Kier alpha value is -1.31. The largest absolute Gasteiger partial charge is 0.486 e. The van der Waals surface area contributed by atoms with Crippen molar-refractivity contribution in [3.8, 4) is 5.75 Å². The zero-order valence-corrected chi connectivity index (χ0v) is 11.1. The molecule has 2 aliphatic rings. The second-order valence-electron chi connectivity index (χ2n) is 5.92. The summed E-state index contributed by atoms with van der Waals surface area (Å²) in [6.45, 7) is 4.52. The average molecular weight is 244 g/mol. The van der Waals surface area contributed by atoms with Crippen LogP contribution in [0.3, 0.4) is 0 Å².